The molecule has 0 saturated heterocycles. The van der Waals surface area contributed by atoms with Gasteiger partial charge in [-0.2, -0.15) is 0 Å². The molecular weight excluding hydrogens is 443 g/mol. The molecule has 0 saturated carbocycles. The van der Waals surface area contributed by atoms with Gasteiger partial charge in [0.05, 0.1) is 5.69 Å². The van der Waals surface area contributed by atoms with Crippen molar-refractivity contribution in [3.05, 3.63) is 151 Å². The molecule has 0 aliphatic rings. The Bertz CT molecular complexity index is 1360. The molecule has 0 unspecified atom stereocenters. The average Bonchev–Trinajstić information content (AvgIpc) is 2.92. The molecule has 0 aliphatic carbocycles. The normalized spacial score (nSPS) is 11.4. The Morgan fingerprint density at radius 2 is 1.09 bits per heavy atom. The lowest BCUT2D eigenvalue weighted by molar-refractivity contribution is 1.45. The Hall–Kier alpha value is -4.00. The van der Waals surface area contributed by atoms with E-state index in [0.717, 1.165) is 22.8 Å². The Labute approximate surface area is 208 Å². The fourth-order valence-electron chi connectivity index (χ4n) is 3.98. The van der Waals surface area contributed by atoms with Gasteiger partial charge in [0.15, 0.2) is 0 Å². The highest BCUT2D eigenvalue weighted by Crippen LogP contribution is 2.36. The third-order valence-electron chi connectivity index (χ3n) is 5.75. The van der Waals surface area contributed by atoms with Gasteiger partial charge < -0.3 is 5.32 Å². The number of para-hydroxylation sites is 1. The minimum atomic E-state index is -0.765. The number of benzene rings is 5. The van der Waals surface area contributed by atoms with Crippen molar-refractivity contribution in [3.63, 3.8) is 0 Å². The molecule has 5 aromatic rings. The standard InChI is InChI=1S/C32H27N2P/c1-25-21-23-27(24-22-25)33-32(26-13-5-2-6-14-26)34-30-19-11-12-20-31(30)35(28-15-7-3-8-16-28)29-17-9-4-10-18-29/h2-24H,1H3,(H,33,34). The van der Waals surface area contributed by atoms with Gasteiger partial charge >= 0.3 is 0 Å². The highest BCUT2D eigenvalue weighted by Gasteiger charge is 2.19. The minimum absolute atomic E-state index is 0.765. The molecule has 0 atom stereocenters. The number of aliphatic imine (C=N–C) groups is 1. The smallest absolute Gasteiger partial charge is 0.138 e. The van der Waals surface area contributed by atoms with Gasteiger partial charge in [0.2, 0.25) is 0 Å². The van der Waals surface area contributed by atoms with Crippen LogP contribution in [-0.4, -0.2) is 5.84 Å². The molecule has 0 radical (unpaired) electrons. The van der Waals surface area contributed by atoms with Gasteiger partial charge in [0, 0.05) is 16.6 Å². The summed E-state index contributed by atoms with van der Waals surface area (Å²) in [5.41, 5.74) is 4.27. The van der Waals surface area contributed by atoms with E-state index in [9.17, 15) is 0 Å². The van der Waals surface area contributed by atoms with E-state index < -0.39 is 7.92 Å². The summed E-state index contributed by atoms with van der Waals surface area (Å²) in [6.45, 7) is 2.10. The lowest BCUT2D eigenvalue weighted by Gasteiger charge is -2.21. The molecule has 35 heavy (non-hydrogen) atoms. The van der Waals surface area contributed by atoms with E-state index in [1.54, 1.807) is 0 Å². The predicted octanol–water partition coefficient (Wildman–Crippen LogP) is 6.94. The maximum absolute atomic E-state index is 5.24. The Balaban J connectivity index is 1.64. The summed E-state index contributed by atoms with van der Waals surface area (Å²) in [5.74, 6) is 0.831. The van der Waals surface area contributed by atoms with Gasteiger partial charge in [-0.05, 0) is 43.7 Å². The first-order chi connectivity index (χ1) is 17.3. The van der Waals surface area contributed by atoms with Crippen molar-refractivity contribution in [2.45, 2.75) is 6.92 Å². The molecule has 0 heterocycles. The topological polar surface area (TPSA) is 24.4 Å². The van der Waals surface area contributed by atoms with Crippen LogP contribution in [0.25, 0.3) is 0 Å². The molecule has 0 amide bonds. The van der Waals surface area contributed by atoms with Crippen molar-refractivity contribution in [1.82, 2.24) is 0 Å². The molecule has 5 rings (SSSR count). The Kier molecular flexibility index (Phi) is 7.13. The number of rotatable bonds is 6. The number of hydrogen-bond acceptors (Lipinski definition) is 1. The predicted molar refractivity (Wildman–Crippen MR) is 153 cm³/mol. The van der Waals surface area contributed by atoms with Gasteiger partial charge in [-0.15, -0.1) is 0 Å². The van der Waals surface area contributed by atoms with Gasteiger partial charge in [-0.1, -0.05) is 127 Å². The van der Waals surface area contributed by atoms with Crippen LogP contribution in [0.3, 0.4) is 0 Å². The fourth-order valence-corrected chi connectivity index (χ4v) is 6.37. The lowest BCUT2D eigenvalue weighted by Crippen LogP contribution is -2.21. The summed E-state index contributed by atoms with van der Waals surface area (Å²) in [6, 6.07) is 48.8. The summed E-state index contributed by atoms with van der Waals surface area (Å²) in [6.07, 6.45) is 0. The third-order valence-corrected chi connectivity index (χ3v) is 8.23. The van der Waals surface area contributed by atoms with Crippen LogP contribution in [0.15, 0.2) is 145 Å². The minimum Gasteiger partial charge on any atom is -0.340 e. The van der Waals surface area contributed by atoms with E-state index in [2.05, 4.69) is 146 Å². The molecule has 0 aliphatic heterocycles. The van der Waals surface area contributed by atoms with Crippen molar-refractivity contribution in [3.8, 4) is 0 Å². The van der Waals surface area contributed by atoms with Crippen LogP contribution < -0.4 is 21.2 Å². The van der Waals surface area contributed by atoms with Crippen LogP contribution in [0.1, 0.15) is 11.1 Å². The Morgan fingerprint density at radius 1 is 0.571 bits per heavy atom. The van der Waals surface area contributed by atoms with Crippen LogP contribution in [0, 0.1) is 6.92 Å². The summed E-state index contributed by atoms with van der Waals surface area (Å²) >= 11 is 0. The first kappa shape index (κ1) is 22.8. The molecule has 2 nitrogen and oxygen atoms in total. The molecule has 0 fully saturated rings. The molecule has 3 heteroatoms. The third kappa shape index (κ3) is 5.57. The molecule has 0 spiro atoms. The Morgan fingerprint density at radius 3 is 1.69 bits per heavy atom. The monoisotopic (exact) mass is 470 g/mol. The van der Waals surface area contributed by atoms with E-state index in [0.29, 0.717) is 0 Å². The van der Waals surface area contributed by atoms with Crippen LogP contribution in [-0.2, 0) is 0 Å². The zero-order valence-corrected chi connectivity index (χ0v) is 20.6. The fraction of sp³-hybridized carbons (Fsp3) is 0.0312. The zero-order valence-electron chi connectivity index (χ0n) is 19.7. The highest BCUT2D eigenvalue weighted by molar-refractivity contribution is 7.80. The molecular formula is C32H27N2P. The number of amidine groups is 1. The summed E-state index contributed by atoms with van der Waals surface area (Å²) in [7, 11) is -0.765. The SMILES string of the molecule is Cc1ccc(NC(=Nc2ccccc2P(c2ccccc2)c2ccccc2)c2ccccc2)cc1. The summed E-state index contributed by atoms with van der Waals surface area (Å²) in [4.78, 5) is 5.24. The number of aryl methyl sites for hydroxylation is 1. The van der Waals surface area contributed by atoms with E-state index >= 15 is 0 Å². The van der Waals surface area contributed by atoms with E-state index in [4.69, 9.17) is 4.99 Å². The quantitative estimate of drug-likeness (QED) is 0.162. The van der Waals surface area contributed by atoms with Crippen molar-refractivity contribution >= 4 is 41.0 Å². The van der Waals surface area contributed by atoms with Crippen molar-refractivity contribution in [1.29, 1.82) is 0 Å². The number of hydrogen-bond donors (Lipinski definition) is 1. The second-order valence-electron chi connectivity index (χ2n) is 8.31. The summed E-state index contributed by atoms with van der Waals surface area (Å²) in [5, 5.41) is 7.43. The number of nitrogens with zero attached hydrogens (tertiary/aromatic N) is 1. The molecule has 5 aromatic carbocycles. The van der Waals surface area contributed by atoms with Gasteiger partial charge in [0.1, 0.15) is 5.84 Å². The van der Waals surface area contributed by atoms with E-state index in [1.165, 1.54) is 21.5 Å². The molecule has 170 valence electrons. The van der Waals surface area contributed by atoms with Gasteiger partial charge in [-0.3, -0.25) is 0 Å². The highest BCUT2D eigenvalue weighted by atomic mass is 31.1. The maximum atomic E-state index is 5.24. The molecule has 1 N–H and O–H groups in total. The van der Waals surface area contributed by atoms with Crippen LogP contribution in [0.2, 0.25) is 0 Å². The average molecular weight is 471 g/mol. The maximum Gasteiger partial charge on any atom is 0.138 e. The van der Waals surface area contributed by atoms with Crippen molar-refractivity contribution < 1.29 is 0 Å². The largest absolute Gasteiger partial charge is 0.340 e. The first-order valence-corrected chi connectivity index (χ1v) is 13.1. The van der Waals surface area contributed by atoms with Crippen molar-refractivity contribution in [2.24, 2.45) is 4.99 Å². The van der Waals surface area contributed by atoms with E-state index in [-0.39, 0.29) is 0 Å². The van der Waals surface area contributed by atoms with Crippen LogP contribution >= 0.6 is 7.92 Å². The summed E-state index contributed by atoms with van der Waals surface area (Å²) < 4.78 is 0. The lowest BCUT2D eigenvalue weighted by atomic mass is 10.2. The molecule has 0 aromatic heterocycles. The second kappa shape index (κ2) is 11.0. The zero-order chi connectivity index (χ0) is 23.9. The van der Waals surface area contributed by atoms with Crippen LogP contribution in [0.4, 0.5) is 11.4 Å². The first-order valence-electron chi connectivity index (χ1n) is 11.7. The number of anilines is 1. The van der Waals surface area contributed by atoms with Gasteiger partial charge in [-0.25, -0.2) is 4.99 Å². The molecule has 0 bridgehead atoms. The van der Waals surface area contributed by atoms with Crippen LogP contribution in [0.5, 0.6) is 0 Å². The second-order valence-corrected chi connectivity index (χ2v) is 10.5. The van der Waals surface area contributed by atoms with Gasteiger partial charge in [0.25, 0.3) is 0 Å². The van der Waals surface area contributed by atoms with E-state index in [1.807, 2.05) is 6.07 Å². The number of nitrogens with one attached hydrogen (secondary N) is 1. The van der Waals surface area contributed by atoms with Crippen molar-refractivity contribution in [2.75, 3.05) is 5.32 Å².